The highest BCUT2D eigenvalue weighted by Crippen LogP contribution is 2.28. The Morgan fingerprint density at radius 3 is 2.39 bits per heavy atom. The lowest BCUT2D eigenvalue weighted by molar-refractivity contribution is 0.0600. The van der Waals surface area contributed by atoms with Crippen molar-refractivity contribution < 1.29 is 28.2 Å². The number of methoxy groups -OCH3 is 1. The number of esters is 2. The van der Waals surface area contributed by atoms with Crippen molar-refractivity contribution in [2.75, 3.05) is 7.11 Å². The van der Waals surface area contributed by atoms with E-state index in [2.05, 4.69) is 4.74 Å². The number of carbonyl (C=O) groups excluding carboxylic acids is 2. The second-order valence-corrected chi connectivity index (χ2v) is 7.41. The maximum Gasteiger partial charge on any atom is 0.353 e. The lowest BCUT2D eigenvalue weighted by Crippen LogP contribution is -2.09. The number of hydrogen-bond acceptors (Lipinski definition) is 8. The summed E-state index contributed by atoms with van der Waals surface area (Å²) in [5.41, 5.74) is 0.265. The van der Waals surface area contributed by atoms with Crippen LogP contribution in [-0.2, 0) is 4.74 Å². The maximum atomic E-state index is 12.9. The Bertz CT molecular complexity index is 1320. The van der Waals surface area contributed by atoms with Crippen LogP contribution in [0.1, 0.15) is 25.8 Å². The number of benzene rings is 2. The lowest BCUT2D eigenvalue weighted by Gasteiger charge is -2.10. The summed E-state index contributed by atoms with van der Waals surface area (Å²) >= 11 is 1.28. The minimum atomic E-state index is -0.483. The van der Waals surface area contributed by atoms with Crippen LogP contribution in [0.4, 0.5) is 0 Å². The quantitative estimate of drug-likeness (QED) is 0.322. The minimum absolute atomic E-state index is 0.0293. The van der Waals surface area contributed by atoms with Crippen molar-refractivity contribution in [3.05, 3.63) is 86.4 Å². The molecule has 0 saturated carbocycles. The van der Waals surface area contributed by atoms with E-state index in [4.69, 9.17) is 13.9 Å². The molecular weight excluding hydrogens is 420 g/mol. The van der Waals surface area contributed by atoms with Gasteiger partial charge in [-0.15, -0.1) is 11.3 Å². The highest BCUT2D eigenvalue weighted by Gasteiger charge is 2.16. The van der Waals surface area contributed by atoms with Gasteiger partial charge in [0, 0.05) is 6.07 Å². The molecule has 0 aliphatic rings. The summed E-state index contributed by atoms with van der Waals surface area (Å²) in [4.78, 5) is 37.1. The molecular formula is C23H16O7S. The molecule has 2 aromatic carbocycles. The van der Waals surface area contributed by atoms with Gasteiger partial charge in [0.15, 0.2) is 0 Å². The molecule has 0 N–H and O–H groups in total. The van der Waals surface area contributed by atoms with Gasteiger partial charge in [-0.05, 0) is 54.8 Å². The molecule has 4 rings (SSSR count). The Labute approximate surface area is 180 Å². The second-order valence-electron chi connectivity index (χ2n) is 6.46. The normalized spacial score (nSPS) is 10.6. The Morgan fingerprint density at radius 1 is 0.968 bits per heavy atom. The Morgan fingerprint density at radius 2 is 1.71 bits per heavy atom. The average Bonchev–Trinajstić information content (AvgIpc) is 3.31. The van der Waals surface area contributed by atoms with Gasteiger partial charge in [0.05, 0.1) is 18.1 Å². The van der Waals surface area contributed by atoms with Crippen LogP contribution in [0, 0.1) is 6.92 Å². The third-order valence-corrected chi connectivity index (χ3v) is 5.26. The van der Waals surface area contributed by atoms with Gasteiger partial charge in [-0.3, -0.25) is 4.79 Å². The Balaban J connectivity index is 1.61. The molecule has 0 bridgehead atoms. The van der Waals surface area contributed by atoms with E-state index in [0.29, 0.717) is 16.2 Å². The first-order valence-electron chi connectivity index (χ1n) is 9.15. The first kappa shape index (κ1) is 20.4. The Hall–Kier alpha value is -3.91. The molecule has 0 amide bonds. The summed E-state index contributed by atoms with van der Waals surface area (Å²) in [7, 11) is 1.30. The number of ether oxygens (including phenoxy) is 3. The molecule has 0 saturated heterocycles. The van der Waals surface area contributed by atoms with E-state index < -0.39 is 11.9 Å². The standard InChI is InChI=1S/C23H16O7S/c1-13-21(29-15-7-5-14(6-8-15)22(25)27-2)20(24)17-10-9-16(12-18(17)28-13)30-23(26)19-4-3-11-31-19/h3-12H,1-2H3. The van der Waals surface area contributed by atoms with Crippen LogP contribution >= 0.6 is 11.3 Å². The number of rotatable bonds is 5. The third-order valence-electron chi connectivity index (χ3n) is 4.41. The van der Waals surface area contributed by atoms with Crippen LogP contribution in [0.5, 0.6) is 17.2 Å². The van der Waals surface area contributed by atoms with E-state index in [-0.39, 0.29) is 33.7 Å². The van der Waals surface area contributed by atoms with Crippen molar-refractivity contribution in [1.29, 1.82) is 0 Å². The average molecular weight is 436 g/mol. The molecule has 0 atom stereocenters. The molecule has 0 aliphatic carbocycles. The largest absolute Gasteiger partial charge is 0.465 e. The highest BCUT2D eigenvalue weighted by molar-refractivity contribution is 7.12. The first-order chi connectivity index (χ1) is 15.0. The van der Waals surface area contributed by atoms with E-state index in [1.807, 2.05) is 0 Å². The summed E-state index contributed by atoms with van der Waals surface area (Å²) in [5.74, 6) is -0.0327. The molecule has 8 heteroatoms. The van der Waals surface area contributed by atoms with Crippen molar-refractivity contribution in [2.24, 2.45) is 0 Å². The van der Waals surface area contributed by atoms with E-state index in [9.17, 15) is 14.4 Å². The van der Waals surface area contributed by atoms with Gasteiger partial charge in [-0.2, -0.15) is 0 Å². The van der Waals surface area contributed by atoms with E-state index in [1.165, 1.54) is 48.8 Å². The first-order valence-corrected chi connectivity index (χ1v) is 10.0. The van der Waals surface area contributed by atoms with Crippen molar-refractivity contribution in [3.63, 3.8) is 0 Å². The highest BCUT2D eigenvalue weighted by atomic mass is 32.1. The predicted octanol–water partition coefficient (Wildman–Crippen LogP) is 4.96. The van der Waals surface area contributed by atoms with Crippen LogP contribution in [0.15, 0.2) is 69.2 Å². The van der Waals surface area contributed by atoms with Crippen LogP contribution in [0.25, 0.3) is 11.0 Å². The van der Waals surface area contributed by atoms with Gasteiger partial charge >= 0.3 is 11.9 Å². The van der Waals surface area contributed by atoms with Gasteiger partial charge in [-0.25, -0.2) is 9.59 Å². The molecule has 0 radical (unpaired) electrons. The predicted molar refractivity (Wildman–Crippen MR) is 114 cm³/mol. The SMILES string of the molecule is COC(=O)c1ccc(Oc2c(C)oc3cc(OC(=O)c4cccs4)ccc3c2=O)cc1. The third kappa shape index (κ3) is 4.19. The monoisotopic (exact) mass is 436 g/mol. The molecule has 0 spiro atoms. The topological polar surface area (TPSA) is 92.0 Å². The van der Waals surface area contributed by atoms with E-state index in [1.54, 1.807) is 36.6 Å². The Kier molecular flexibility index (Phi) is 5.55. The van der Waals surface area contributed by atoms with Crippen molar-refractivity contribution in [2.45, 2.75) is 6.92 Å². The molecule has 7 nitrogen and oxygen atoms in total. The van der Waals surface area contributed by atoms with Crippen molar-refractivity contribution in [1.82, 2.24) is 0 Å². The van der Waals surface area contributed by atoms with Gasteiger partial charge in [0.2, 0.25) is 11.2 Å². The van der Waals surface area contributed by atoms with Crippen molar-refractivity contribution >= 4 is 34.2 Å². The van der Waals surface area contributed by atoms with Crippen LogP contribution in [0.3, 0.4) is 0 Å². The molecule has 0 aliphatic heterocycles. The molecule has 2 aromatic heterocycles. The summed E-state index contributed by atoms with van der Waals surface area (Å²) < 4.78 is 21.5. The summed E-state index contributed by atoms with van der Waals surface area (Å²) in [6, 6.07) is 14.1. The van der Waals surface area contributed by atoms with Crippen LogP contribution < -0.4 is 14.9 Å². The fraction of sp³-hybridized carbons (Fsp3) is 0.0870. The van der Waals surface area contributed by atoms with Gasteiger partial charge in [-0.1, -0.05) is 6.07 Å². The number of hydrogen-bond donors (Lipinski definition) is 0. The summed E-state index contributed by atoms with van der Waals surface area (Å²) in [6.45, 7) is 1.60. The lowest BCUT2D eigenvalue weighted by atomic mass is 10.2. The van der Waals surface area contributed by atoms with Crippen molar-refractivity contribution in [3.8, 4) is 17.2 Å². The maximum absolute atomic E-state index is 12.9. The van der Waals surface area contributed by atoms with E-state index in [0.717, 1.165) is 0 Å². The van der Waals surface area contributed by atoms with Crippen LogP contribution in [-0.4, -0.2) is 19.0 Å². The number of carbonyl (C=O) groups is 2. The zero-order valence-electron chi connectivity index (χ0n) is 16.5. The molecule has 2 heterocycles. The smallest absolute Gasteiger partial charge is 0.353 e. The molecule has 0 unspecified atom stereocenters. The fourth-order valence-electron chi connectivity index (χ4n) is 2.90. The van der Waals surface area contributed by atoms with Gasteiger partial charge in [0.25, 0.3) is 0 Å². The minimum Gasteiger partial charge on any atom is -0.465 e. The summed E-state index contributed by atoms with van der Waals surface area (Å²) in [6.07, 6.45) is 0. The molecule has 4 aromatic rings. The van der Waals surface area contributed by atoms with Gasteiger partial charge < -0.3 is 18.6 Å². The number of fused-ring (bicyclic) bond motifs is 1. The molecule has 31 heavy (non-hydrogen) atoms. The van der Waals surface area contributed by atoms with Crippen LogP contribution in [0.2, 0.25) is 0 Å². The second kappa shape index (κ2) is 8.45. The molecule has 156 valence electrons. The number of aryl methyl sites for hydroxylation is 1. The van der Waals surface area contributed by atoms with E-state index >= 15 is 0 Å². The summed E-state index contributed by atoms with van der Waals surface area (Å²) in [5, 5.41) is 2.06. The van der Waals surface area contributed by atoms with Gasteiger partial charge in [0.1, 0.15) is 27.7 Å². The zero-order valence-corrected chi connectivity index (χ0v) is 17.4. The number of thiophene rings is 1. The fourth-order valence-corrected chi connectivity index (χ4v) is 3.50. The molecule has 0 fully saturated rings. The zero-order chi connectivity index (χ0) is 22.0.